The number of hydrogen-bond acceptors (Lipinski definition) is 6. The molecule has 0 bridgehead atoms. The Morgan fingerprint density at radius 3 is 2.72 bits per heavy atom. The standard InChI is InChI=1S/C20H18N2O6S/c23-15-7-6-14-17(15)18(11-3-1-4-12(9-11)22(27)28)21(19(14)20(25)26)16(24)10-13-5-2-8-29-13/h1-5,8-9,14,17-19H,6-7,10H2,(H,25,26). The van der Waals surface area contributed by atoms with E-state index in [2.05, 4.69) is 0 Å². The molecular formula is C20H18N2O6S. The molecule has 2 aliphatic rings. The van der Waals surface area contributed by atoms with Crippen molar-refractivity contribution in [3.05, 3.63) is 62.3 Å². The molecule has 4 atom stereocenters. The fraction of sp³-hybridized carbons (Fsp3) is 0.350. The lowest BCUT2D eigenvalue weighted by Gasteiger charge is -2.30. The lowest BCUT2D eigenvalue weighted by atomic mass is 9.86. The van der Waals surface area contributed by atoms with Gasteiger partial charge < -0.3 is 10.0 Å². The Balaban J connectivity index is 1.80. The van der Waals surface area contributed by atoms with Crippen LogP contribution in [0.25, 0.3) is 0 Å². The molecule has 2 heterocycles. The van der Waals surface area contributed by atoms with E-state index in [0.717, 1.165) is 4.88 Å². The van der Waals surface area contributed by atoms with Crippen molar-refractivity contribution in [2.45, 2.75) is 31.3 Å². The number of nitrogens with zero attached hydrogens (tertiary/aromatic N) is 2. The van der Waals surface area contributed by atoms with Gasteiger partial charge in [-0.3, -0.25) is 19.7 Å². The second-order valence-corrected chi connectivity index (χ2v) is 8.36. The van der Waals surface area contributed by atoms with Gasteiger partial charge in [0.05, 0.1) is 17.4 Å². The Labute approximate surface area is 169 Å². The van der Waals surface area contributed by atoms with Gasteiger partial charge in [-0.1, -0.05) is 18.2 Å². The number of carboxylic acid groups (broad SMARTS) is 1. The molecule has 1 aromatic heterocycles. The van der Waals surface area contributed by atoms with Crippen LogP contribution in [-0.4, -0.2) is 38.6 Å². The van der Waals surface area contributed by atoms with E-state index in [4.69, 9.17) is 0 Å². The van der Waals surface area contributed by atoms with Gasteiger partial charge in [0.1, 0.15) is 11.8 Å². The molecule has 2 fully saturated rings. The maximum Gasteiger partial charge on any atom is 0.326 e. The predicted octanol–water partition coefficient (Wildman–Crippen LogP) is 2.83. The fourth-order valence-corrected chi connectivity index (χ4v) is 5.36. The van der Waals surface area contributed by atoms with Crippen LogP contribution < -0.4 is 0 Å². The predicted molar refractivity (Wildman–Crippen MR) is 103 cm³/mol. The smallest absolute Gasteiger partial charge is 0.326 e. The van der Waals surface area contributed by atoms with E-state index in [9.17, 15) is 29.6 Å². The second kappa shape index (κ2) is 7.40. The van der Waals surface area contributed by atoms with E-state index in [1.807, 2.05) is 11.4 Å². The molecule has 1 saturated heterocycles. The first-order chi connectivity index (χ1) is 13.9. The number of carbonyl (C=O) groups is 3. The molecule has 1 aliphatic carbocycles. The van der Waals surface area contributed by atoms with Crippen LogP contribution in [0.2, 0.25) is 0 Å². The Bertz CT molecular complexity index is 989. The number of nitro benzene ring substituents is 1. The summed E-state index contributed by atoms with van der Waals surface area (Å²) >= 11 is 1.39. The number of carbonyl (C=O) groups excluding carboxylic acids is 2. The molecule has 0 radical (unpaired) electrons. The number of benzene rings is 1. The van der Waals surface area contributed by atoms with Gasteiger partial charge in [-0.2, -0.15) is 0 Å². The third-order valence-electron chi connectivity index (χ3n) is 5.77. The summed E-state index contributed by atoms with van der Waals surface area (Å²) in [6.45, 7) is 0. The van der Waals surface area contributed by atoms with Crippen molar-refractivity contribution >= 4 is 34.7 Å². The van der Waals surface area contributed by atoms with Gasteiger partial charge >= 0.3 is 5.97 Å². The number of rotatable bonds is 5. The molecule has 1 saturated carbocycles. The average Bonchev–Trinajstić information content (AvgIpc) is 3.39. The third-order valence-corrected chi connectivity index (χ3v) is 6.65. The second-order valence-electron chi connectivity index (χ2n) is 7.33. The van der Waals surface area contributed by atoms with Crippen molar-refractivity contribution in [2.75, 3.05) is 0 Å². The molecule has 2 aromatic rings. The Hall–Kier alpha value is -3.07. The van der Waals surface area contributed by atoms with Crippen LogP contribution in [0.5, 0.6) is 0 Å². The summed E-state index contributed by atoms with van der Waals surface area (Å²) in [5.74, 6) is -2.79. The van der Waals surface area contributed by atoms with Crippen molar-refractivity contribution in [1.29, 1.82) is 0 Å². The molecule has 1 aromatic carbocycles. The van der Waals surface area contributed by atoms with Crippen LogP contribution in [0.3, 0.4) is 0 Å². The molecule has 1 amide bonds. The van der Waals surface area contributed by atoms with Gasteiger partial charge in [-0.25, -0.2) is 4.79 Å². The molecule has 0 spiro atoms. The first kappa shape index (κ1) is 19.3. The largest absolute Gasteiger partial charge is 0.480 e. The first-order valence-corrected chi connectivity index (χ1v) is 10.1. The normalized spacial score (nSPS) is 25.8. The van der Waals surface area contributed by atoms with E-state index in [0.29, 0.717) is 12.0 Å². The Kier molecular flexibility index (Phi) is 4.91. The SMILES string of the molecule is O=C1CCC2C1C(c1cccc([N+](=O)[O-])c1)N(C(=O)Cc1cccs1)C2C(=O)O. The summed E-state index contributed by atoms with van der Waals surface area (Å²) in [5, 5.41) is 22.9. The van der Waals surface area contributed by atoms with E-state index in [1.54, 1.807) is 12.1 Å². The summed E-state index contributed by atoms with van der Waals surface area (Å²) in [6.07, 6.45) is 0.687. The number of amides is 1. The molecule has 9 heteroatoms. The minimum absolute atomic E-state index is 0.0283. The Morgan fingerprint density at radius 1 is 1.28 bits per heavy atom. The van der Waals surface area contributed by atoms with Crippen LogP contribution in [-0.2, 0) is 20.8 Å². The third kappa shape index (κ3) is 3.31. The molecule has 1 aliphatic heterocycles. The lowest BCUT2D eigenvalue weighted by molar-refractivity contribution is -0.385. The van der Waals surface area contributed by atoms with Crippen molar-refractivity contribution in [3.8, 4) is 0 Å². The zero-order chi connectivity index (χ0) is 20.7. The van der Waals surface area contributed by atoms with Crippen LogP contribution in [0.15, 0.2) is 41.8 Å². The number of fused-ring (bicyclic) bond motifs is 1. The maximum absolute atomic E-state index is 13.2. The van der Waals surface area contributed by atoms with Gasteiger partial charge in [0.25, 0.3) is 5.69 Å². The quantitative estimate of drug-likeness (QED) is 0.594. The summed E-state index contributed by atoms with van der Waals surface area (Å²) in [4.78, 5) is 50.7. The summed E-state index contributed by atoms with van der Waals surface area (Å²) < 4.78 is 0. The van der Waals surface area contributed by atoms with Gasteiger partial charge in [0, 0.05) is 35.3 Å². The van der Waals surface area contributed by atoms with Crippen LogP contribution in [0.1, 0.15) is 29.3 Å². The highest BCUT2D eigenvalue weighted by Crippen LogP contribution is 2.51. The highest BCUT2D eigenvalue weighted by Gasteiger charge is 2.59. The molecule has 1 N–H and O–H groups in total. The first-order valence-electron chi connectivity index (χ1n) is 9.22. The number of likely N-dealkylation sites (tertiary alicyclic amines) is 1. The topological polar surface area (TPSA) is 118 Å². The molecule has 150 valence electrons. The minimum Gasteiger partial charge on any atom is -0.480 e. The molecule has 4 rings (SSSR count). The number of non-ortho nitro benzene ring substituents is 1. The maximum atomic E-state index is 13.2. The molecule has 4 unspecified atom stereocenters. The van der Waals surface area contributed by atoms with Gasteiger partial charge in [0.15, 0.2) is 0 Å². The molecular weight excluding hydrogens is 396 g/mol. The van der Waals surface area contributed by atoms with E-state index < -0.39 is 40.7 Å². The number of ketones is 1. The van der Waals surface area contributed by atoms with E-state index >= 15 is 0 Å². The number of Topliss-reactive ketones (excluding diaryl/α,β-unsaturated/α-hetero) is 1. The van der Waals surface area contributed by atoms with Crippen molar-refractivity contribution < 1.29 is 24.4 Å². The minimum atomic E-state index is -1.15. The van der Waals surface area contributed by atoms with E-state index in [1.165, 1.54) is 34.4 Å². The van der Waals surface area contributed by atoms with Crippen LogP contribution in [0, 0.1) is 22.0 Å². The Morgan fingerprint density at radius 2 is 2.07 bits per heavy atom. The monoisotopic (exact) mass is 414 g/mol. The zero-order valence-electron chi connectivity index (χ0n) is 15.3. The highest BCUT2D eigenvalue weighted by atomic mass is 32.1. The lowest BCUT2D eigenvalue weighted by Crippen LogP contribution is -2.45. The van der Waals surface area contributed by atoms with Crippen LogP contribution in [0.4, 0.5) is 5.69 Å². The summed E-state index contributed by atoms with van der Waals surface area (Å²) in [5.41, 5.74) is 0.265. The average molecular weight is 414 g/mol. The summed E-state index contributed by atoms with van der Waals surface area (Å²) in [7, 11) is 0. The number of carboxylic acids is 1. The molecule has 8 nitrogen and oxygen atoms in total. The van der Waals surface area contributed by atoms with Gasteiger partial charge in [-0.15, -0.1) is 11.3 Å². The van der Waals surface area contributed by atoms with Crippen molar-refractivity contribution in [1.82, 2.24) is 4.90 Å². The van der Waals surface area contributed by atoms with Crippen molar-refractivity contribution in [2.24, 2.45) is 11.8 Å². The number of nitro groups is 1. The molecule has 29 heavy (non-hydrogen) atoms. The number of hydrogen-bond donors (Lipinski definition) is 1. The highest BCUT2D eigenvalue weighted by molar-refractivity contribution is 7.10. The van der Waals surface area contributed by atoms with Gasteiger partial charge in [-0.05, 0) is 23.4 Å². The van der Waals surface area contributed by atoms with Crippen LogP contribution >= 0.6 is 11.3 Å². The van der Waals surface area contributed by atoms with Gasteiger partial charge in [0.2, 0.25) is 5.91 Å². The number of aliphatic carboxylic acids is 1. The van der Waals surface area contributed by atoms with Crippen molar-refractivity contribution in [3.63, 3.8) is 0 Å². The zero-order valence-corrected chi connectivity index (χ0v) is 16.1. The van der Waals surface area contributed by atoms with E-state index in [-0.39, 0.29) is 24.3 Å². The fourth-order valence-electron chi connectivity index (χ4n) is 4.67. The summed E-state index contributed by atoms with van der Waals surface area (Å²) in [6, 6.07) is 7.45. The number of thiophene rings is 1.